The van der Waals surface area contributed by atoms with Crippen molar-refractivity contribution in [1.29, 1.82) is 0 Å². The minimum atomic E-state index is -0.359. The van der Waals surface area contributed by atoms with Gasteiger partial charge in [0.05, 0.1) is 0 Å². The van der Waals surface area contributed by atoms with Crippen LogP contribution in [-0.2, 0) is 6.54 Å². The molecule has 1 aromatic carbocycles. The Kier molecular flexibility index (Phi) is 5.34. The predicted octanol–water partition coefficient (Wildman–Crippen LogP) is 2.85. The van der Waals surface area contributed by atoms with E-state index in [1.165, 1.54) is 12.3 Å². The predicted molar refractivity (Wildman–Crippen MR) is 93.8 cm³/mol. The van der Waals surface area contributed by atoms with E-state index >= 15 is 0 Å². The van der Waals surface area contributed by atoms with Gasteiger partial charge in [-0.15, -0.1) is 0 Å². The van der Waals surface area contributed by atoms with Gasteiger partial charge in [-0.2, -0.15) is 0 Å². The van der Waals surface area contributed by atoms with Gasteiger partial charge in [0.25, 0.3) is 11.8 Å². The van der Waals surface area contributed by atoms with Crippen molar-refractivity contribution < 1.29 is 9.59 Å². The molecule has 1 heterocycles. The largest absolute Gasteiger partial charge is 0.348 e. The van der Waals surface area contributed by atoms with Gasteiger partial charge in [0.2, 0.25) is 0 Å². The smallest absolute Gasteiger partial charge is 0.270 e. The molecule has 2 amide bonds. The minimum absolute atomic E-state index is 0.230. The molecule has 0 fully saturated rings. The van der Waals surface area contributed by atoms with Crippen molar-refractivity contribution in [1.82, 2.24) is 15.6 Å². The van der Waals surface area contributed by atoms with Gasteiger partial charge in [0, 0.05) is 23.8 Å². The van der Waals surface area contributed by atoms with E-state index in [-0.39, 0.29) is 23.0 Å². The monoisotopic (exact) mass is 325 g/mol. The lowest BCUT2D eigenvalue weighted by atomic mass is 10.1. The van der Waals surface area contributed by atoms with Crippen molar-refractivity contribution in [2.24, 2.45) is 0 Å². The van der Waals surface area contributed by atoms with Crippen molar-refractivity contribution in [2.75, 3.05) is 0 Å². The molecule has 0 saturated carbocycles. The molecule has 1 aromatic heterocycles. The maximum Gasteiger partial charge on any atom is 0.270 e. The number of amides is 2. The molecule has 0 aliphatic carbocycles. The molecule has 126 valence electrons. The first-order valence-corrected chi connectivity index (χ1v) is 7.87. The molecule has 0 radical (unpaired) electrons. The summed E-state index contributed by atoms with van der Waals surface area (Å²) >= 11 is 0. The maximum absolute atomic E-state index is 12.3. The third-order valence-corrected chi connectivity index (χ3v) is 3.28. The Morgan fingerprint density at radius 1 is 1.08 bits per heavy atom. The molecule has 5 heteroatoms. The van der Waals surface area contributed by atoms with Crippen molar-refractivity contribution in [3.63, 3.8) is 0 Å². The standard InChI is InChI=1S/C19H23N3O2/c1-13-6-5-7-14(10-13)12-21-17(23)15-8-9-20-16(11-15)18(24)22-19(2,3)4/h5-11H,12H2,1-4H3,(H,21,23)(H,22,24). The Balaban J connectivity index is 2.05. The average molecular weight is 325 g/mol. The lowest BCUT2D eigenvalue weighted by Gasteiger charge is -2.20. The zero-order chi connectivity index (χ0) is 17.7. The van der Waals surface area contributed by atoms with Crippen LogP contribution < -0.4 is 10.6 Å². The second-order valence-corrected chi connectivity index (χ2v) is 6.81. The summed E-state index contributed by atoms with van der Waals surface area (Å²) in [5.74, 6) is -0.528. The highest BCUT2D eigenvalue weighted by Gasteiger charge is 2.17. The Bertz CT molecular complexity index is 748. The Labute approximate surface area is 142 Å². The average Bonchev–Trinajstić information content (AvgIpc) is 2.51. The third kappa shape index (κ3) is 5.19. The maximum atomic E-state index is 12.3. The van der Waals surface area contributed by atoms with Crippen LogP contribution in [0.5, 0.6) is 0 Å². The van der Waals surface area contributed by atoms with Gasteiger partial charge in [-0.05, 0) is 45.4 Å². The van der Waals surface area contributed by atoms with Crippen LogP contribution in [0.3, 0.4) is 0 Å². The highest BCUT2D eigenvalue weighted by Crippen LogP contribution is 2.07. The molecule has 2 N–H and O–H groups in total. The van der Waals surface area contributed by atoms with E-state index in [4.69, 9.17) is 0 Å². The first-order chi connectivity index (χ1) is 11.2. The highest BCUT2D eigenvalue weighted by molar-refractivity contribution is 5.98. The van der Waals surface area contributed by atoms with Gasteiger partial charge in [-0.3, -0.25) is 14.6 Å². The zero-order valence-corrected chi connectivity index (χ0v) is 14.5. The number of nitrogens with zero attached hydrogens (tertiary/aromatic N) is 1. The fourth-order valence-corrected chi connectivity index (χ4v) is 2.21. The number of nitrogens with one attached hydrogen (secondary N) is 2. The van der Waals surface area contributed by atoms with Crippen molar-refractivity contribution in [3.05, 3.63) is 65.0 Å². The van der Waals surface area contributed by atoms with E-state index in [1.54, 1.807) is 6.07 Å². The molecule has 0 aliphatic heterocycles. The van der Waals surface area contributed by atoms with E-state index in [0.717, 1.165) is 11.1 Å². The summed E-state index contributed by atoms with van der Waals surface area (Å²) < 4.78 is 0. The molecule has 0 saturated heterocycles. The number of rotatable bonds is 4. The summed E-state index contributed by atoms with van der Waals surface area (Å²) in [5, 5.41) is 5.69. The van der Waals surface area contributed by atoms with Crippen molar-refractivity contribution >= 4 is 11.8 Å². The van der Waals surface area contributed by atoms with Crippen LogP contribution in [0.15, 0.2) is 42.6 Å². The molecule has 0 spiro atoms. The van der Waals surface area contributed by atoms with E-state index in [9.17, 15) is 9.59 Å². The van der Waals surface area contributed by atoms with Gasteiger partial charge < -0.3 is 10.6 Å². The Morgan fingerprint density at radius 3 is 2.50 bits per heavy atom. The number of hydrogen-bond acceptors (Lipinski definition) is 3. The first-order valence-electron chi connectivity index (χ1n) is 7.87. The van der Waals surface area contributed by atoms with Gasteiger partial charge in [-0.1, -0.05) is 29.8 Å². The molecular weight excluding hydrogens is 302 g/mol. The molecule has 2 rings (SSSR count). The number of carbonyl (C=O) groups is 2. The molecule has 0 bridgehead atoms. The second kappa shape index (κ2) is 7.25. The summed E-state index contributed by atoms with van der Waals surface area (Å²) in [5.41, 5.74) is 2.46. The first kappa shape index (κ1) is 17.7. The Hall–Kier alpha value is -2.69. The van der Waals surface area contributed by atoms with Crippen LogP contribution in [-0.4, -0.2) is 22.3 Å². The van der Waals surface area contributed by atoms with Crippen molar-refractivity contribution in [2.45, 2.75) is 39.8 Å². The molecule has 0 atom stereocenters. The SMILES string of the molecule is Cc1cccc(CNC(=O)c2ccnc(C(=O)NC(C)(C)C)c2)c1. The van der Waals surface area contributed by atoms with Gasteiger partial charge in [0.1, 0.15) is 5.69 Å². The van der Waals surface area contributed by atoms with Crippen LogP contribution in [0.4, 0.5) is 0 Å². The number of aryl methyl sites for hydroxylation is 1. The fraction of sp³-hybridized carbons (Fsp3) is 0.316. The minimum Gasteiger partial charge on any atom is -0.348 e. The summed E-state index contributed by atoms with van der Waals surface area (Å²) in [6, 6.07) is 11.1. The molecule has 24 heavy (non-hydrogen) atoms. The topological polar surface area (TPSA) is 71.1 Å². The van der Waals surface area contributed by atoms with Gasteiger partial charge in [-0.25, -0.2) is 0 Å². The van der Waals surface area contributed by atoms with Crippen molar-refractivity contribution in [3.8, 4) is 0 Å². The lowest BCUT2D eigenvalue weighted by Crippen LogP contribution is -2.41. The van der Waals surface area contributed by atoms with Crippen LogP contribution in [0.2, 0.25) is 0 Å². The summed E-state index contributed by atoms with van der Waals surface area (Å²) in [4.78, 5) is 28.5. The summed E-state index contributed by atoms with van der Waals surface area (Å²) in [6.45, 7) is 8.12. The van der Waals surface area contributed by atoms with Crippen LogP contribution in [0.1, 0.15) is 52.7 Å². The number of carbonyl (C=O) groups excluding carboxylic acids is 2. The third-order valence-electron chi connectivity index (χ3n) is 3.28. The second-order valence-electron chi connectivity index (χ2n) is 6.81. The number of pyridine rings is 1. The molecule has 0 aliphatic rings. The lowest BCUT2D eigenvalue weighted by molar-refractivity contribution is 0.0914. The van der Waals surface area contributed by atoms with Crippen LogP contribution in [0, 0.1) is 6.92 Å². The number of benzene rings is 1. The van der Waals surface area contributed by atoms with E-state index in [0.29, 0.717) is 12.1 Å². The van der Waals surface area contributed by atoms with E-state index in [1.807, 2.05) is 52.0 Å². The molecule has 5 nitrogen and oxygen atoms in total. The fourth-order valence-electron chi connectivity index (χ4n) is 2.21. The quantitative estimate of drug-likeness (QED) is 0.908. The summed E-state index contributed by atoms with van der Waals surface area (Å²) in [6.07, 6.45) is 1.47. The van der Waals surface area contributed by atoms with Crippen LogP contribution in [0.25, 0.3) is 0 Å². The number of hydrogen-bond donors (Lipinski definition) is 2. The Morgan fingerprint density at radius 2 is 1.83 bits per heavy atom. The zero-order valence-electron chi connectivity index (χ0n) is 14.5. The van der Waals surface area contributed by atoms with Crippen LogP contribution >= 0.6 is 0 Å². The molecular formula is C19H23N3O2. The normalized spacial score (nSPS) is 11.0. The molecule has 0 unspecified atom stereocenters. The van der Waals surface area contributed by atoms with E-state index in [2.05, 4.69) is 15.6 Å². The number of aromatic nitrogens is 1. The van der Waals surface area contributed by atoms with E-state index < -0.39 is 0 Å². The highest BCUT2D eigenvalue weighted by atomic mass is 16.2. The van der Waals surface area contributed by atoms with Gasteiger partial charge in [0.15, 0.2) is 0 Å². The molecule has 2 aromatic rings. The van der Waals surface area contributed by atoms with Gasteiger partial charge >= 0.3 is 0 Å². The summed E-state index contributed by atoms with van der Waals surface area (Å²) in [7, 11) is 0.